The van der Waals surface area contributed by atoms with Crippen LogP contribution in [0.1, 0.15) is 43.3 Å². The van der Waals surface area contributed by atoms with Crippen LogP contribution in [0.15, 0.2) is 30.3 Å². The van der Waals surface area contributed by atoms with Gasteiger partial charge in [-0.25, -0.2) is 4.98 Å². The van der Waals surface area contributed by atoms with Gasteiger partial charge < -0.3 is 5.11 Å². The molecule has 0 bridgehead atoms. The first-order valence-electron chi connectivity index (χ1n) is 6.03. The molecule has 1 atom stereocenters. The Labute approximate surface area is 112 Å². The number of aromatic nitrogens is 2. The summed E-state index contributed by atoms with van der Waals surface area (Å²) < 4.78 is 4.35. The summed E-state index contributed by atoms with van der Waals surface area (Å²) in [7, 11) is 0. The van der Waals surface area contributed by atoms with Gasteiger partial charge in [0.1, 0.15) is 10.8 Å². The predicted octanol–water partition coefficient (Wildman–Crippen LogP) is 3.11. The van der Waals surface area contributed by atoms with Crippen LogP contribution in [0.4, 0.5) is 0 Å². The lowest BCUT2D eigenvalue weighted by molar-refractivity contribution is 0.178. The maximum absolute atomic E-state index is 10.1. The number of hydrogen-bond acceptors (Lipinski definition) is 4. The van der Waals surface area contributed by atoms with Crippen LogP contribution in [0.5, 0.6) is 0 Å². The van der Waals surface area contributed by atoms with Crippen LogP contribution in [0, 0.1) is 0 Å². The number of hydrogen-bond donors (Lipinski definition) is 1. The van der Waals surface area contributed by atoms with E-state index in [4.69, 9.17) is 0 Å². The van der Waals surface area contributed by atoms with E-state index < -0.39 is 6.10 Å². The van der Waals surface area contributed by atoms with Gasteiger partial charge in [0.2, 0.25) is 0 Å². The molecule has 2 rings (SSSR count). The number of nitrogens with zero attached hydrogens (tertiary/aromatic N) is 2. The number of aliphatic hydroxyl groups excluding tert-OH is 1. The molecule has 0 saturated heterocycles. The zero-order valence-corrected chi connectivity index (χ0v) is 11.7. The number of rotatable bonds is 3. The number of benzene rings is 1. The van der Waals surface area contributed by atoms with Crippen LogP contribution in [-0.2, 0) is 11.8 Å². The summed E-state index contributed by atoms with van der Waals surface area (Å²) in [5.74, 6) is 0.850. The Kier molecular flexibility index (Phi) is 3.78. The zero-order valence-electron chi connectivity index (χ0n) is 10.9. The lowest BCUT2D eigenvalue weighted by atomic mass is 9.96. The van der Waals surface area contributed by atoms with Gasteiger partial charge in [-0.2, -0.15) is 4.37 Å². The molecule has 0 amide bonds. The molecule has 1 aromatic heterocycles. The van der Waals surface area contributed by atoms with E-state index in [1.165, 1.54) is 11.5 Å². The Bertz CT molecular complexity index is 502. The molecule has 1 N–H and O–H groups in total. The van der Waals surface area contributed by atoms with E-state index in [1.54, 1.807) is 0 Å². The van der Waals surface area contributed by atoms with Crippen LogP contribution in [0.2, 0.25) is 0 Å². The second-order valence-electron chi connectivity index (χ2n) is 5.39. The average molecular weight is 262 g/mol. The first-order chi connectivity index (χ1) is 8.47. The highest BCUT2D eigenvalue weighted by molar-refractivity contribution is 7.05. The minimum atomic E-state index is -0.507. The molecule has 96 valence electrons. The summed E-state index contributed by atoms with van der Waals surface area (Å²) in [6, 6.07) is 9.66. The van der Waals surface area contributed by atoms with Crippen LogP contribution < -0.4 is 0 Å². The topological polar surface area (TPSA) is 46.0 Å². The summed E-state index contributed by atoms with van der Waals surface area (Å²) in [6.07, 6.45) is 0.0181. The number of aliphatic hydroxyl groups is 1. The summed E-state index contributed by atoms with van der Waals surface area (Å²) >= 11 is 1.38. The van der Waals surface area contributed by atoms with E-state index in [0.717, 1.165) is 16.4 Å². The molecule has 0 radical (unpaired) electrons. The van der Waals surface area contributed by atoms with Crippen LogP contribution >= 0.6 is 11.5 Å². The first-order valence-corrected chi connectivity index (χ1v) is 6.80. The molecule has 0 aliphatic carbocycles. The highest BCUT2D eigenvalue weighted by Crippen LogP contribution is 2.23. The molecule has 3 nitrogen and oxygen atoms in total. The fraction of sp³-hybridized carbons (Fsp3) is 0.429. The summed E-state index contributed by atoms with van der Waals surface area (Å²) in [6.45, 7) is 6.27. The molecule has 0 spiro atoms. The van der Waals surface area contributed by atoms with Crippen LogP contribution in [-0.4, -0.2) is 14.5 Å². The van der Waals surface area contributed by atoms with E-state index in [0.29, 0.717) is 6.42 Å². The van der Waals surface area contributed by atoms with E-state index >= 15 is 0 Å². The van der Waals surface area contributed by atoms with Crippen molar-refractivity contribution < 1.29 is 5.11 Å². The minimum absolute atomic E-state index is 0.0353. The summed E-state index contributed by atoms with van der Waals surface area (Å²) in [5.41, 5.74) is 0.886. The third kappa shape index (κ3) is 3.15. The Morgan fingerprint density at radius 3 is 2.44 bits per heavy atom. The van der Waals surface area contributed by atoms with Crippen molar-refractivity contribution in [1.29, 1.82) is 0 Å². The van der Waals surface area contributed by atoms with E-state index in [9.17, 15) is 5.11 Å². The van der Waals surface area contributed by atoms with Crippen molar-refractivity contribution in [2.75, 3.05) is 0 Å². The maximum Gasteiger partial charge on any atom is 0.147 e. The fourth-order valence-corrected chi connectivity index (χ4v) is 2.47. The SMILES string of the molecule is CC(C)(C)c1nsc(CC(O)c2ccccc2)n1. The van der Waals surface area contributed by atoms with Gasteiger partial charge in [0, 0.05) is 11.8 Å². The Balaban J connectivity index is 2.08. The summed E-state index contributed by atoms with van der Waals surface area (Å²) in [4.78, 5) is 4.49. The normalized spacial score (nSPS) is 13.6. The van der Waals surface area contributed by atoms with Crippen molar-refractivity contribution in [1.82, 2.24) is 9.36 Å². The second-order valence-corrected chi connectivity index (χ2v) is 6.23. The molecule has 1 aromatic carbocycles. The van der Waals surface area contributed by atoms with E-state index in [-0.39, 0.29) is 5.41 Å². The van der Waals surface area contributed by atoms with Gasteiger partial charge in [0.15, 0.2) is 0 Å². The Morgan fingerprint density at radius 2 is 1.89 bits per heavy atom. The predicted molar refractivity (Wildman–Crippen MR) is 73.7 cm³/mol. The molecular formula is C14H18N2OS. The third-order valence-electron chi connectivity index (χ3n) is 2.69. The van der Waals surface area contributed by atoms with Crippen molar-refractivity contribution >= 4 is 11.5 Å². The van der Waals surface area contributed by atoms with E-state index in [2.05, 4.69) is 30.1 Å². The molecule has 1 heterocycles. The van der Waals surface area contributed by atoms with Gasteiger partial charge in [0.25, 0.3) is 0 Å². The van der Waals surface area contributed by atoms with Crippen molar-refractivity contribution in [2.45, 2.75) is 38.7 Å². The van der Waals surface area contributed by atoms with Gasteiger partial charge in [-0.3, -0.25) is 0 Å². The lowest BCUT2D eigenvalue weighted by Crippen LogP contribution is -2.13. The molecule has 0 fully saturated rings. The third-order valence-corrected chi connectivity index (χ3v) is 3.42. The first kappa shape index (κ1) is 13.2. The van der Waals surface area contributed by atoms with Crippen molar-refractivity contribution in [2.24, 2.45) is 0 Å². The quantitative estimate of drug-likeness (QED) is 0.924. The highest BCUT2D eigenvalue weighted by Gasteiger charge is 2.20. The molecule has 0 aliphatic heterocycles. The average Bonchev–Trinajstić information content (AvgIpc) is 2.78. The molecule has 2 aromatic rings. The van der Waals surface area contributed by atoms with Crippen molar-refractivity contribution in [3.63, 3.8) is 0 Å². The molecular weight excluding hydrogens is 244 g/mol. The second kappa shape index (κ2) is 5.16. The standard InChI is InChI=1S/C14H18N2OS/c1-14(2,3)13-15-12(18-16-13)9-11(17)10-7-5-4-6-8-10/h4-8,11,17H,9H2,1-3H3. The van der Waals surface area contributed by atoms with E-state index in [1.807, 2.05) is 30.3 Å². The maximum atomic E-state index is 10.1. The molecule has 18 heavy (non-hydrogen) atoms. The lowest BCUT2D eigenvalue weighted by Gasteiger charge is -2.12. The highest BCUT2D eigenvalue weighted by atomic mass is 32.1. The largest absolute Gasteiger partial charge is 0.388 e. The zero-order chi connectivity index (χ0) is 13.2. The van der Waals surface area contributed by atoms with Gasteiger partial charge in [-0.1, -0.05) is 51.1 Å². The van der Waals surface area contributed by atoms with Gasteiger partial charge in [0.05, 0.1) is 6.10 Å². The molecule has 1 unspecified atom stereocenters. The smallest absolute Gasteiger partial charge is 0.147 e. The molecule has 0 saturated carbocycles. The summed E-state index contributed by atoms with van der Waals surface area (Å²) in [5, 5.41) is 11.0. The van der Waals surface area contributed by atoms with Crippen molar-refractivity contribution in [3.05, 3.63) is 46.7 Å². The van der Waals surface area contributed by atoms with Gasteiger partial charge in [-0.05, 0) is 17.1 Å². The fourth-order valence-electron chi connectivity index (χ4n) is 1.60. The Hall–Kier alpha value is -1.26. The monoisotopic (exact) mass is 262 g/mol. The van der Waals surface area contributed by atoms with Gasteiger partial charge >= 0.3 is 0 Å². The minimum Gasteiger partial charge on any atom is -0.388 e. The van der Waals surface area contributed by atoms with Crippen molar-refractivity contribution in [3.8, 4) is 0 Å². The Morgan fingerprint density at radius 1 is 1.22 bits per heavy atom. The van der Waals surface area contributed by atoms with Crippen LogP contribution in [0.25, 0.3) is 0 Å². The van der Waals surface area contributed by atoms with Crippen LogP contribution in [0.3, 0.4) is 0 Å². The molecule has 4 heteroatoms. The molecule has 0 aliphatic rings. The van der Waals surface area contributed by atoms with Gasteiger partial charge in [-0.15, -0.1) is 0 Å².